The van der Waals surface area contributed by atoms with Crippen LogP contribution in [0.3, 0.4) is 0 Å². The Morgan fingerprint density at radius 3 is 2.28 bits per heavy atom. The molecule has 2 atom stereocenters. The van der Waals surface area contributed by atoms with Crippen LogP contribution in [-0.2, 0) is 9.59 Å². The number of fused-ring (bicyclic) bond motifs is 1. The highest BCUT2D eigenvalue weighted by Gasteiger charge is 2.45. The molecule has 4 rings (SSSR count). The molecule has 0 radical (unpaired) electrons. The Kier molecular flexibility index (Phi) is 6.81. The summed E-state index contributed by atoms with van der Waals surface area (Å²) in [5.74, 6) is -2.64. The molecule has 0 saturated carbocycles. The highest BCUT2D eigenvalue weighted by atomic mass is 19.4. The van der Waals surface area contributed by atoms with Gasteiger partial charge in [0.1, 0.15) is 5.69 Å². The first-order valence-corrected chi connectivity index (χ1v) is 10.0. The molecule has 32 heavy (non-hydrogen) atoms. The van der Waals surface area contributed by atoms with Crippen molar-refractivity contribution in [3.63, 3.8) is 0 Å². The van der Waals surface area contributed by atoms with Gasteiger partial charge in [-0.1, -0.05) is 24.3 Å². The predicted molar refractivity (Wildman–Crippen MR) is 109 cm³/mol. The first kappa shape index (κ1) is 23.2. The van der Waals surface area contributed by atoms with Crippen molar-refractivity contribution in [2.45, 2.75) is 44.4 Å². The number of aryl methyl sites for hydroxylation is 1. The number of anilines is 1. The number of halogens is 3. The second kappa shape index (κ2) is 9.37. The van der Waals surface area contributed by atoms with Gasteiger partial charge in [-0.05, 0) is 44.0 Å². The summed E-state index contributed by atoms with van der Waals surface area (Å²) in [6.45, 7) is 2.56. The molecule has 170 valence electrons. The first-order chi connectivity index (χ1) is 15.1. The zero-order chi connectivity index (χ0) is 23.5. The fourth-order valence-electron chi connectivity index (χ4n) is 4.05. The number of alkyl halides is 3. The lowest BCUT2D eigenvalue weighted by Gasteiger charge is -2.39. The van der Waals surface area contributed by atoms with Gasteiger partial charge in [-0.3, -0.25) is 9.59 Å². The number of carbonyl (C=O) groups is 3. The van der Waals surface area contributed by atoms with Crippen LogP contribution in [0, 0.1) is 6.92 Å². The van der Waals surface area contributed by atoms with Crippen LogP contribution in [0.15, 0.2) is 48.5 Å². The number of carboxylic acids is 1. The average molecular weight is 449 g/mol. The van der Waals surface area contributed by atoms with E-state index >= 15 is 0 Å². The van der Waals surface area contributed by atoms with Gasteiger partial charge >= 0.3 is 12.1 Å². The molecular weight excluding hydrogens is 427 g/mol. The van der Waals surface area contributed by atoms with Gasteiger partial charge in [-0.2, -0.15) is 13.2 Å². The van der Waals surface area contributed by atoms with Crippen LogP contribution >= 0.6 is 0 Å². The molecule has 2 saturated heterocycles. The number of hydrogen-bond donors (Lipinski definition) is 1. The van der Waals surface area contributed by atoms with Gasteiger partial charge in [0.15, 0.2) is 0 Å². The SMILES string of the molecule is Cc1cccc(C(=O)N2CC[C@H]3[C@@H]2CCC(=O)N3c2ccccc2)n1.O=C(O)C(F)(F)F. The van der Waals surface area contributed by atoms with Crippen molar-refractivity contribution in [3.05, 3.63) is 59.9 Å². The molecule has 1 aromatic heterocycles. The van der Waals surface area contributed by atoms with Crippen LogP contribution in [0.5, 0.6) is 0 Å². The zero-order valence-corrected chi connectivity index (χ0v) is 17.2. The third kappa shape index (κ3) is 5.06. The van der Waals surface area contributed by atoms with Crippen molar-refractivity contribution in [2.24, 2.45) is 0 Å². The topological polar surface area (TPSA) is 90.8 Å². The van der Waals surface area contributed by atoms with E-state index in [1.807, 2.05) is 59.2 Å². The number of rotatable bonds is 2. The molecule has 2 aliphatic heterocycles. The van der Waals surface area contributed by atoms with Crippen LogP contribution in [0.2, 0.25) is 0 Å². The smallest absolute Gasteiger partial charge is 0.475 e. The van der Waals surface area contributed by atoms with Gasteiger partial charge < -0.3 is 14.9 Å². The molecule has 3 heterocycles. The van der Waals surface area contributed by atoms with Crippen LogP contribution < -0.4 is 4.90 Å². The summed E-state index contributed by atoms with van der Waals surface area (Å²) in [5.41, 5.74) is 2.25. The number of pyridine rings is 1. The van der Waals surface area contributed by atoms with Crippen LogP contribution in [-0.4, -0.2) is 57.6 Å². The molecular formula is C22H22F3N3O4. The van der Waals surface area contributed by atoms with Crippen molar-refractivity contribution in [1.29, 1.82) is 0 Å². The number of benzene rings is 1. The monoisotopic (exact) mass is 449 g/mol. The van der Waals surface area contributed by atoms with E-state index in [4.69, 9.17) is 9.90 Å². The van der Waals surface area contributed by atoms with E-state index in [9.17, 15) is 22.8 Å². The van der Waals surface area contributed by atoms with E-state index < -0.39 is 12.1 Å². The Morgan fingerprint density at radius 1 is 1.03 bits per heavy atom. The molecule has 2 amide bonds. The van der Waals surface area contributed by atoms with E-state index in [1.54, 1.807) is 6.07 Å². The lowest BCUT2D eigenvalue weighted by Crippen LogP contribution is -2.53. The summed E-state index contributed by atoms with van der Waals surface area (Å²) in [7, 11) is 0. The minimum atomic E-state index is -5.08. The third-order valence-corrected chi connectivity index (χ3v) is 5.41. The molecule has 0 bridgehead atoms. The fourth-order valence-corrected chi connectivity index (χ4v) is 4.05. The van der Waals surface area contributed by atoms with E-state index in [2.05, 4.69) is 4.98 Å². The van der Waals surface area contributed by atoms with E-state index in [0.29, 0.717) is 18.7 Å². The normalized spacial score (nSPS) is 20.3. The summed E-state index contributed by atoms with van der Waals surface area (Å²) in [5, 5.41) is 7.12. The Hall–Kier alpha value is -3.43. The molecule has 2 aromatic rings. The Morgan fingerprint density at radius 2 is 1.69 bits per heavy atom. The van der Waals surface area contributed by atoms with Crippen LogP contribution in [0.25, 0.3) is 0 Å². The zero-order valence-electron chi connectivity index (χ0n) is 17.2. The molecule has 0 unspecified atom stereocenters. The molecule has 1 aromatic carbocycles. The Bertz CT molecular complexity index is 997. The second-order valence-corrected chi connectivity index (χ2v) is 7.53. The van der Waals surface area contributed by atoms with Crippen LogP contribution in [0.4, 0.5) is 18.9 Å². The highest BCUT2D eigenvalue weighted by Crippen LogP contribution is 2.35. The molecule has 0 spiro atoms. The van der Waals surface area contributed by atoms with Gasteiger partial charge in [0, 0.05) is 24.3 Å². The van der Waals surface area contributed by atoms with E-state index in [0.717, 1.165) is 24.2 Å². The Balaban J connectivity index is 0.000000360. The largest absolute Gasteiger partial charge is 0.490 e. The van der Waals surface area contributed by atoms with Crippen molar-refractivity contribution in [1.82, 2.24) is 9.88 Å². The molecule has 1 N–H and O–H groups in total. The number of para-hydroxylation sites is 1. The van der Waals surface area contributed by atoms with Gasteiger partial charge in [0.05, 0.1) is 12.1 Å². The van der Waals surface area contributed by atoms with Gasteiger partial charge in [0.25, 0.3) is 5.91 Å². The number of carboxylic acid groups (broad SMARTS) is 1. The number of amides is 2. The predicted octanol–water partition coefficient (Wildman–Crippen LogP) is 3.43. The van der Waals surface area contributed by atoms with Gasteiger partial charge in [0.2, 0.25) is 5.91 Å². The van der Waals surface area contributed by atoms with E-state index in [-0.39, 0.29) is 23.9 Å². The number of carbonyl (C=O) groups excluding carboxylic acids is 2. The summed E-state index contributed by atoms with van der Waals surface area (Å²) in [6.07, 6.45) is -3.08. The minimum absolute atomic E-state index is 0.0291. The maximum Gasteiger partial charge on any atom is 0.490 e. The molecule has 7 nitrogen and oxygen atoms in total. The van der Waals surface area contributed by atoms with Crippen molar-refractivity contribution >= 4 is 23.5 Å². The fraction of sp³-hybridized carbons (Fsp3) is 0.364. The maximum absolute atomic E-state index is 12.9. The Labute approximate surface area is 182 Å². The standard InChI is InChI=1S/C20H21N3O2.C2HF3O2/c1-14-6-5-9-16(21-14)20(25)22-13-12-18-17(22)10-11-19(24)23(18)15-7-3-2-4-8-15;3-2(4,5)1(6)7/h2-9,17-18H,10-13H2,1H3;(H,6,7)/t17-,18-;/m0./s1. The summed E-state index contributed by atoms with van der Waals surface area (Å²) >= 11 is 0. The lowest BCUT2D eigenvalue weighted by molar-refractivity contribution is -0.192. The first-order valence-electron chi connectivity index (χ1n) is 10.0. The molecule has 0 aliphatic carbocycles. The van der Waals surface area contributed by atoms with Crippen molar-refractivity contribution in [3.8, 4) is 0 Å². The van der Waals surface area contributed by atoms with Crippen molar-refractivity contribution < 1.29 is 32.7 Å². The lowest BCUT2D eigenvalue weighted by atomic mass is 9.95. The number of aromatic nitrogens is 1. The second-order valence-electron chi connectivity index (χ2n) is 7.53. The number of likely N-dealkylation sites (tertiary alicyclic amines) is 1. The van der Waals surface area contributed by atoms with Gasteiger partial charge in [-0.25, -0.2) is 9.78 Å². The highest BCUT2D eigenvalue weighted by molar-refractivity contribution is 5.97. The summed E-state index contributed by atoms with van der Waals surface area (Å²) in [4.78, 5) is 42.6. The average Bonchev–Trinajstić information content (AvgIpc) is 3.17. The molecule has 10 heteroatoms. The number of nitrogens with zero attached hydrogens (tertiary/aromatic N) is 3. The molecule has 2 fully saturated rings. The molecule has 2 aliphatic rings. The number of aliphatic carboxylic acids is 1. The number of hydrogen-bond acceptors (Lipinski definition) is 4. The van der Waals surface area contributed by atoms with Crippen molar-refractivity contribution in [2.75, 3.05) is 11.4 Å². The third-order valence-electron chi connectivity index (χ3n) is 5.41. The quantitative estimate of drug-likeness (QED) is 0.759. The van der Waals surface area contributed by atoms with Crippen LogP contribution in [0.1, 0.15) is 35.4 Å². The summed E-state index contributed by atoms with van der Waals surface area (Å²) in [6, 6.07) is 15.4. The van der Waals surface area contributed by atoms with E-state index in [1.165, 1.54) is 0 Å². The summed E-state index contributed by atoms with van der Waals surface area (Å²) < 4.78 is 31.7. The number of piperidine rings is 1. The maximum atomic E-state index is 12.9. The minimum Gasteiger partial charge on any atom is -0.475 e. The van der Waals surface area contributed by atoms with Gasteiger partial charge in [-0.15, -0.1) is 0 Å².